The van der Waals surface area contributed by atoms with E-state index in [0.29, 0.717) is 6.04 Å². The van der Waals surface area contributed by atoms with Crippen molar-refractivity contribution in [2.24, 2.45) is 0 Å². The molecule has 0 saturated carbocycles. The van der Waals surface area contributed by atoms with Crippen LogP contribution in [0.5, 0.6) is 0 Å². The Morgan fingerprint density at radius 1 is 1.43 bits per heavy atom. The largest absolute Gasteiger partial charge is 0.382 e. The Kier molecular flexibility index (Phi) is 4.22. The zero-order valence-electron chi connectivity index (χ0n) is 12.4. The van der Waals surface area contributed by atoms with Crippen LogP contribution >= 0.6 is 11.6 Å². The highest BCUT2D eigenvalue weighted by Gasteiger charge is 2.19. The Balaban J connectivity index is 1.72. The smallest absolute Gasteiger partial charge is 0.0548 e. The van der Waals surface area contributed by atoms with Crippen LogP contribution in [0, 0.1) is 0 Å². The molecule has 1 aliphatic rings. The van der Waals surface area contributed by atoms with Crippen LogP contribution in [0.15, 0.2) is 30.5 Å². The lowest BCUT2D eigenvalue weighted by Crippen LogP contribution is -2.47. The lowest BCUT2D eigenvalue weighted by molar-refractivity contribution is 0.399. The highest BCUT2D eigenvalue weighted by Crippen LogP contribution is 2.25. The molecule has 2 heterocycles. The van der Waals surface area contributed by atoms with Crippen LogP contribution in [0.3, 0.4) is 0 Å². The molecule has 0 spiro atoms. The van der Waals surface area contributed by atoms with Gasteiger partial charge in [-0.05, 0) is 43.1 Å². The van der Waals surface area contributed by atoms with Crippen molar-refractivity contribution in [3.8, 4) is 0 Å². The van der Waals surface area contributed by atoms with Crippen molar-refractivity contribution in [3.05, 3.63) is 46.8 Å². The quantitative estimate of drug-likeness (QED) is 0.761. The monoisotopic (exact) mass is 303 g/mol. The molecule has 3 rings (SSSR count). The minimum Gasteiger partial charge on any atom is -0.382 e. The minimum atomic E-state index is 0.431. The van der Waals surface area contributed by atoms with E-state index in [-0.39, 0.29) is 0 Å². The Bertz CT molecular complexity index is 655. The van der Waals surface area contributed by atoms with Gasteiger partial charge in [0.05, 0.1) is 6.54 Å². The van der Waals surface area contributed by atoms with Crippen LogP contribution in [-0.4, -0.2) is 17.6 Å². The van der Waals surface area contributed by atoms with Crippen LogP contribution in [0.25, 0.3) is 10.9 Å². The van der Waals surface area contributed by atoms with Crippen molar-refractivity contribution in [2.75, 3.05) is 6.54 Å². The SMILES string of the molecule is C=C(NCc1cc2cc(Cl)c(CCC)cc2[nH]1)C1CCN1. The van der Waals surface area contributed by atoms with Crippen LogP contribution in [0.1, 0.15) is 31.0 Å². The van der Waals surface area contributed by atoms with Crippen molar-refractivity contribution in [3.63, 3.8) is 0 Å². The number of hydrogen-bond donors (Lipinski definition) is 3. The molecule has 2 aromatic rings. The number of nitrogens with one attached hydrogen (secondary N) is 3. The van der Waals surface area contributed by atoms with Crippen molar-refractivity contribution in [1.29, 1.82) is 0 Å². The Hall–Kier alpha value is -1.45. The first-order valence-corrected chi connectivity index (χ1v) is 8.01. The maximum absolute atomic E-state index is 6.33. The van der Waals surface area contributed by atoms with Gasteiger partial charge in [-0.15, -0.1) is 0 Å². The number of rotatable bonds is 6. The number of benzene rings is 1. The first kappa shape index (κ1) is 14.5. The van der Waals surface area contributed by atoms with Crippen molar-refractivity contribution in [1.82, 2.24) is 15.6 Å². The van der Waals surface area contributed by atoms with Crippen molar-refractivity contribution in [2.45, 2.75) is 38.8 Å². The molecule has 112 valence electrons. The molecule has 21 heavy (non-hydrogen) atoms. The number of fused-ring (bicyclic) bond motifs is 1. The van der Waals surface area contributed by atoms with Gasteiger partial charge in [-0.2, -0.15) is 0 Å². The predicted molar refractivity (Wildman–Crippen MR) is 89.7 cm³/mol. The molecule has 3 N–H and O–H groups in total. The van der Waals surface area contributed by atoms with Crippen molar-refractivity contribution < 1.29 is 0 Å². The summed E-state index contributed by atoms with van der Waals surface area (Å²) in [5, 5.41) is 8.78. The molecule has 0 bridgehead atoms. The van der Waals surface area contributed by atoms with E-state index in [9.17, 15) is 0 Å². The maximum Gasteiger partial charge on any atom is 0.0548 e. The number of hydrogen-bond acceptors (Lipinski definition) is 2. The summed E-state index contributed by atoms with van der Waals surface area (Å²) in [7, 11) is 0. The van der Waals surface area contributed by atoms with E-state index in [0.717, 1.165) is 47.9 Å². The zero-order chi connectivity index (χ0) is 14.8. The molecule has 4 heteroatoms. The second kappa shape index (κ2) is 6.12. The molecule has 1 aromatic carbocycles. The Morgan fingerprint density at radius 3 is 2.90 bits per heavy atom. The molecule has 3 nitrogen and oxygen atoms in total. The van der Waals surface area contributed by atoms with Gasteiger partial charge in [0.1, 0.15) is 0 Å². The molecule has 1 unspecified atom stereocenters. The fourth-order valence-corrected chi connectivity index (χ4v) is 3.00. The molecule has 1 atom stereocenters. The third-order valence-electron chi connectivity index (χ3n) is 4.11. The molecule has 1 aromatic heterocycles. The van der Waals surface area contributed by atoms with Gasteiger partial charge < -0.3 is 15.6 Å². The fraction of sp³-hybridized carbons (Fsp3) is 0.412. The van der Waals surface area contributed by atoms with Gasteiger partial charge in [-0.3, -0.25) is 0 Å². The third-order valence-corrected chi connectivity index (χ3v) is 4.46. The van der Waals surface area contributed by atoms with E-state index < -0.39 is 0 Å². The van der Waals surface area contributed by atoms with E-state index in [4.69, 9.17) is 11.6 Å². The molecule has 1 saturated heterocycles. The topological polar surface area (TPSA) is 39.9 Å². The number of aryl methyl sites for hydroxylation is 1. The fourth-order valence-electron chi connectivity index (χ4n) is 2.73. The highest BCUT2D eigenvalue weighted by atomic mass is 35.5. The van der Waals surface area contributed by atoms with Gasteiger partial charge in [0.25, 0.3) is 0 Å². The highest BCUT2D eigenvalue weighted by molar-refractivity contribution is 6.32. The van der Waals surface area contributed by atoms with Gasteiger partial charge in [0.2, 0.25) is 0 Å². The van der Waals surface area contributed by atoms with E-state index in [1.165, 1.54) is 17.4 Å². The number of aromatic amines is 1. The molecule has 0 radical (unpaired) electrons. The molecular weight excluding hydrogens is 282 g/mol. The number of halogens is 1. The molecule has 0 aliphatic carbocycles. The van der Waals surface area contributed by atoms with E-state index in [1.54, 1.807) is 0 Å². The first-order valence-electron chi connectivity index (χ1n) is 7.63. The van der Waals surface area contributed by atoms with Gasteiger partial charge in [0.15, 0.2) is 0 Å². The van der Waals surface area contributed by atoms with Crippen LogP contribution < -0.4 is 10.6 Å². The summed E-state index contributed by atoms with van der Waals surface area (Å²) < 4.78 is 0. The number of H-pyrrole nitrogens is 1. The lowest BCUT2D eigenvalue weighted by Gasteiger charge is -2.29. The van der Waals surface area contributed by atoms with E-state index >= 15 is 0 Å². The average Bonchev–Trinajstić information content (AvgIpc) is 2.77. The summed E-state index contributed by atoms with van der Waals surface area (Å²) in [5.74, 6) is 0. The molecular formula is C17H22ClN3. The third kappa shape index (κ3) is 3.09. The summed E-state index contributed by atoms with van der Waals surface area (Å²) in [6, 6.07) is 6.82. The van der Waals surface area contributed by atoms with Gasteiger partial charge in [-0.25, -0.2) is 0 Å². The van der Waals surface area contributed by atoms with Crippen LogP contribution in [0.2, 0.25) is 5.02 Å². The standard InChI is InChI=1S/C17H22ClN3/c1-3-4-12-9-17-13(8-15(12)18)7-14(21-17)10-20-11(2)16-5-6-19-16/h7-9,16,19-21H,2-6,10H2,1H3. The second-order valence-electron chi connectivity index (χ2n) is 5.75. The van der Waals surface area contributed by atoms with Gasteiger partial charge in [0, 0.05) is 33.4 Å². The normalized spacial score (nSPS) is 17.7. The maximum atomic E-state index is 6.33. The lowest BCUT2D eigenvalue weighted by atomic mass is 10.0. The van der Waals surface area contributed by atoms with Crippen LogP contribution in [-0.2, 0) is 13.0 Å². The summed E-state index contributed by atoms with van der Waals surface area (Å²) in [6.45, 7) is 8.12. The van der Waals surface area contributed by atoms with E-state index in [1.807, 2.05) is 0 Å². The summed E-state index contributed by atoms with van der Waals surface area (Å²) >= 11 is 6.33. The van der Waals surface area contributed by atoms with Crippen LogP contribution in [0.4, 0.5) is 0 Å². The minimum absolute atomic E-state index is 0.431. The Labute approximate surface area is 130 Å². The van der Waals surface area contributed by atoms with Gasteiger partial charge >= 0.3 is 0 Å². The summed E-state index contributed by atoms with van der Waals surface area (Å²) in [6.07, 6.45) is 3.30. The number of aromatic nitrogens is 1. The predicted octanol–water partition coefficient (Wildman–Crippen LogP) is 3.74. The van der Waals surface area contributed by atoms with Crippen molar-refractivity contribution >= 4 is 22.5 Å². The molecule has 1 aliphatic heterocycles. The first-order chi connectivity index (χ1) is 10.2. The summed E-state index contributed by atoms with van der Waals surface area (Å²) in [4.78, 5) is 3.47. The van der Waals surface area contributed by atoms with Gasteiger partial charge in [-0.1, -0.05) is 31.5 Å². The molecule has 1 fully saturated rings. The van der Waals surface area contributed by atoms with E-state index in [2.05, 4.69) is 47.3 Å². The Morgan fingerprint density at radius 2 is 2.24 bits per heavy atom. The zero-order valence-corrected chi connectivity index (χ0v) is 13.2. The molecule has 0 amide bonds. The summed E-state index contributed by atoms with van der Waals surface area (Å²) in [5.41, 5.74) is 4.61. The average molecular weight is 304 g/mol. The second-order valence-corrected chi connectivity index (χ2v) is 6.16.